The van der Waals surface area contributed by atoms with E-state index in [2.05, 4.69) is 46.3 Å². The lowest BCUT2D eigenvalue weighted by molar-refractivity contribution is 0.129. The van der Waals surface area contributed by atoms with Crippen molar-refractivity contribution >= 4 is 5.57 Å². The van der Waals surface area contributed by atoms with Crippen molar-refractivity contribution in [3.05, 3.63) is 98.0 Å². The Balaban J connectivity index is 1.22. The fourth-order valence-electron chi connectivity index (χ4n) is 6.22. The van der Waals surface area contributed by atoms with Gasteiger partial charge in [-0.25, -0.2) is 4.98 Å². The second-order valence-electron chi connectivity index (χ2n) is 10.4. The summed E-state index contributed by atoms with van der Waals surface area (Å²) < 4.78 is 1.70. The molecule has 6 nitrogen and oxygen atoms in total. The number of aliphatic hydroxyl groups is 1. The van der Waals surface area contributed by atoms with E-state index in [1.54, 1.807) is 4.57 Å². The van der Waals surface area contributed by atoms with Crippen LogP contribution in [0.5, 0.6) is 0 Å². The molecular weight excluding hydrogens is 448 g/mol. The predicted molar refractivity (Wildman–Crippen MR) is 141 cm³/mol. The third-order valence-corrected chi connectivity index (χ3v) is 8.23. The van der Waals surface area contributed by atoms with Crippen LogP contribution in [0.2, 0.25) is 0 Å². The van der Waals surface area contributed by atoms with Crippen LogP contribution in [-0.4, -0.2) is 44.2 Å². The summed E-state index contributed by atoms with van der Waals surface area (Å²) >= 11 is 0. The minimum Gasteiger partial charge on any atom is -0.385 e. The summed E-state index contributed by atoms with van der Waals surface area (Å²) in [5, 5.41) is 10.3. The molecule has 1 aromatic carbocycles. The highest BCUT2D eigenvalue weighted by atomic mass is 16.3. The Morgan fingerprint density at radius 3 is 2.64 bits per heavy atom. The standard InChI is InChI=1S/C30H34N4O2/c1-20-24(30(36)34-16-5-9-26(35)29(34)32-20)14-19-33-17-12-22(13-18-33)27-25-8-3-2-6-21(25)10-11-23-7-4-15-31-28(23)27/h2-4,6-8,15,26,35H,5,9-14,16-19H2,1H3. The van der Waals surface area contributed by atoms with Gasteiger partial charge in [0, 0.05) is 49.2 Å². The molecule has 1 fully saturated rings. The van der Waals surface area contributed by atoms with E-state index >= 15 is 0 Å². The highest BCUT2D eigenvalue weighted by Gasteiger charge is 2.26. The zero-order valence-electron chi connectivity index (χ0n) is 21.0. The van der Waals surface area contributed by atoms with E-state index in [0.29, 0.717) is 25.2 Å². The number of aliphatic hydroxyl groups excluding tert-OH is 1. The van der Waals surface area contributed by atoms with Crippen LogP contribution in [0.3, 0.4) is 0 Å². The van der Waals surface area contributed by atoms with Gasteiger partial charge in [-0.2, -0.15) is 0 Å². The quantitative estimate of drug-likeness (QED) is 0.611. The summed E-state index contributed by atoms with van der Waals surface area (Å²) in [6.45, 7) is 5.39. The van der Waals surface area contributed by atoms with Crippen molar-refractivity contribution in [2.75, 3.05) is 19.6 Å². The van der Waals surface area contributed by atoms with Gasteiger partial charge in [-0.3, -0.25) is 14.3 Å². The van der Waals surface area contributed by atoms with Gasteiger partial charge < -0.3 is 10.0 Å². The Kier molecular flexibility index (Phi) is 6.32. The molecule has 6 heteroatoms. The maximum atomic E-state index is 13.2. The first-order valence-electron chi connectivity index (χ1n) is 13.4. The van der Waals surface area contributed by atoms with Crippen LogP contribution in [0.15, 0.2) is 53.0 Å². The lowest BCUT2D eigenvalue weighted by Gasteiger charge is -2.30. The summed E-state index contributed by atoms with van der Waals surface area (Å²) in [5.74, 6) is 0.541. The Labute approximate surface area is 212 Å². The molecule has 2 aliphatic heterocycles. The Morgan fingerprint density at radius 2 is 1.78 bits per heavy atom. The van der Waals surface area contributed by atoms with Gasteiger partial charge in [0.1, 0.15) is 11.9 Å². The van der Waals surface area contributed by atoms with Crippen LogP contribution in [0.1, 0.15) is 71.3 Å². The van der Waals surface area contributed by atoms with Crippen LogP contribution in [0, 0.1) is 6.92 Å². The topological polar surface area (TPSA) is 71.2 Å². The van der Waals surface area contributed by atoms with Crippen molar-refractivity contribution in [2.45, 2.75) is 64.5 Å². The van der Waals surface area contributed by atoms with Crippen LogP contribution < -0.4 is 5.56 Å². The summed E-state index contributed by atoms with van der Waals surface area (Å²) in [7, 11) is 0. The highest BCUT2D eigenvalue weighted by Crippen LogP contribution is 2.37. The average molecular weight is 483 g/mol. The molecule has 1 N–H and O–H groups in total. The first-order valence-corrected chi connectivity index (χ1v) is 13.4. The Morgan fingerprint density at radius 1 is 1.00 bits per heavy atom. The van der Waals surface area contributed by atoms with Gasteiger partial charge in [-0.15, -0.1) is 0 Å². The molecule has 1 atom stereocenters. The second-order valence-corrected chi connectivity index (χ2v) is 10.4. The largest absolute Gasteiger partial charge is 0.385 e. The van der Waals surface area contributed by atoms with E-state index in [1.165, 1.54) is 27.8 Å². The Hall–Kier alpha value is -3.09. The van der Waals surface area contributed by atoms with Crippen LogP contribution >= 0.6 is 0 Å². The number of piperidine rings is 1. The van der Waals surface area contributed by atoms with Gasteiger partial charge >= 0.3 is 0 Å². The zero-order valence-corrected chi connectivity index (χ0v) is 21.0. The molecule has 0 spiro atoms. The number of fused-ring (bicyclic) bond motifs is 3. The van der Waals surface area contributed by atoms with E-state index in [0.717, 1.165) is 68.7 Å². The molecule has 0 radical (unpaired) electrons. The molecular formula is C30H34N4O2. The molecule has 1 aliphatic carbocycles. The highest BCUT2D eigenvalue weighted by molar-refractivity contribution is 5.84. The summed E-state index contributed by atoms with van der Waals surface area (Å²) in [4.78, 5) is 25.1. The van der Waals surface area contributed by atoms with Crippen molar-refractivity contribution in [3.8, 4) is 0 Å². The van der Waals surface area contributed by atoms with Gasteiger partial charge in [-0.05, 0) is 74.6 Å². The smallest absolute Gasteiger partial charge is 0.257 e. The molecule has 0 bridgehead atoms. The SMILES string of the molecule is Cc1nc2n(c(=O)c1CCN1CCC(=C3c4ccccc4CCc4cccnc43)CC1)CCCC2O. The number of rotatable bonds is 3. The third-order valence-electron chi connectivity index (χ3n) is 8.23. The number of pyridine rings is 1. The number of aromatic nitrogens is 3. The molecule has 0 amide bonds. The van der Waals surface area contributed by atoms with Crippen molar-refractivity contribution in [3.63, 3.8) is 0 Å². The van der Waals surface area contributed by atoms with E-state index in [9.17, 15) is 9.90 Å². The normalized spacial score (nSPS) is 19.9. The number of hydrogen-bond donors (Lipinski definition) is 1. The van der Waals surface area contributed by atoms with E-state index in [1.807, 2.05) is 13.1 Å². The number of nitrogens with zero attached hydrogens (tertiary/aromatic N) is 4. The maximum Gasteiger partial charge on any atom is 0.257 e. The molecule has 3 aromatic rings. The van der Waals surface area contributed by atoms with Crippen molar-refractivity contribution in [1.82, 2.24) is 19.4 Å². The Bertz CT molecular complexity index is 1330. The van der Waals surface area contributed by atoms with Crippen LogP contribution in [0.25, 0.3) is 5.57 Å². The molecule has 3 aliphatic rings. The number of likely N-dealkylation sites (tertiary alicyclic amines) is 1. The summed E-state index contributed by atoms with van der Waals surface area (Å²) in [5.41, 5.74) is 9.74. The number of benzene rings is 1. The van der Waals surface area contributed by atoms with E-state index < -0.39 is 6.10 Å². The van der Waals surface area contributed by atoms with Crippen LogP contribution in [0.4, 0.5) is 0 Å². The van der Waals surface area contributed by atoms with Crippen LogP contribution in [-0.2, 0) is 25.8 Å². The number of hydrogen-bond acceptors (Lipinski definition) is 5. The fourth-order valence-corrected chi connectivity index (χ4v) is 6.22. The molecule has 186 valence electrons. The number of aryl methyl sites for hydroxylation is 3. The molecule has 2 aromatic heterocycles. The molecule has 4 heterocycles. The molecule has 36 heavy (non-hydrogen) atoms. The monoisotopic (exact) mass is 482 g/mol. The molecule has 1 saturated heterocycles. The lowest BCUT2D eigenvalue weighted by Crippen LogP contribution is -2.37. The van der Waals surface area contributed by atoms with Crippen molar-refractivity contribution < 1.29 is 5.11 Å². The molecule has 1 unspecified atom stereocenters. The van der Waals surface area contributed by atoms with Crippen molar-refractivity contribution in [2.24, 2.45) is 0 Å². The minimum atomic E-state index is -0.624. The van der Waals surface area contributed by atoms with E-state index in [4.69, 9.17) is 4.98 Å². The van der Waals surface area contributed by atoms with E-state index in [-0.39, 0.29) is 5.56 Å². The zero-order chi connectivity index (χ0) is 24.6. The third kappa shape index (κ3) is 4.22. The summed E-state index contributed by atoms with van der Waals surface area (Å²) in [6, 6.07) is 13.1. The van der Waals surface area contributed by atoms with Crippen molar-refractivity contribution in [1.29, 1.82) is 0 Å². The second kappa shape index (κ2) is 9.75. The van der Waals surface area contributed by atoms with Gasteiger partial charge in [0.25, 0.3) is 5.56 Å². The fraction of sp³-hybridized carbons (Fsp3) is 0.433. The van der Waals surface area contributed by atoms with Gasteiger partial charge in [0.2, 0.25) is 0 Å². The average Bonchev–Trinajstić information content (AvgIpc) is 3.07. The minimum absolute atomic E-state index is 0.0359. The lowest BCUT2D eigenvalue weighted by atomic mass is 9.88. The predicted octanol–water partition coefficient (Wildman–Crippen LogP) is 4.01. The maximum absolute atomic E-state index is 13.2. The summed E-state index contributed by atoms with van der Waals surface area (Å²) in [6.07, 6.45) is 7.63. The first kappa shape index (κ1) is 23.3. The van der Waals surface area contributed by atoms with Gasteiger partial charge in [0.15, 0.2) is 0 Å². The van der Waals surface area contributed by atoms with Gasteiger partial charge in [0.05, 0.1) is 5.69 Å². The molecule has 0 saturated carbocycles. The first-order chi connectivity index (χ1) is 17.6. The molecule has 6 rings (SSSR count). The van der Waals surface area contributed by atoms with Gasteiger partial charge in [-0.1, -0.05) is 35.9 Å².